The molecule has 2 atom stereocenters. The largest absolute Gasteiger partial charge is 0.302 e. The minimum atomic E-state index is -3.49. The molecule has 0 bridgehead atoms. The smallest absolute Gasteiger partial charge is 0.252 e. The second-order valence-corrected chi connectivity index (χ2v) is 21.3. The Morgan fingerprint density at radius 1 is 0.643 bits per heavy atom. The summed E-state index contributed by atoms with van der Waals surface area (Å²) in [5.74, 6) is 0.718. The summed E-state index contributed by atoms with van der Waals surface area (Å²) in [5.41, 5.74) is 0.130. The number of carbonyl (C=O) groups is 2. The maximum Gasteiger partial charge on any atom is 0.252 e. The van der Waals surface area contributed by atoms with Crippen LogP contribution in [0.3, 0.4) is 0 Å². The van der Waals surface area contributed by atoms with Crippen LogP contribution >= 0.6 is 22.7 Å². The van der Waals surface area contributed by atoms with Gasteiger partial charge in [0.1, 0.15) is 0 Å². The molecule has 4 heterocycles. The second kappa shape index (κ2) is 19.2. The molecule has 304 valence electrons. The average molecular weight is 845 g/mol. The highest BCUT2D eigenvalue weighted by molar-refractivity contribution is 7.91. The summed E-state index contributed by atoms with van der Waals surface area (Å²) in [6, 6.07) is 4.06. The van der Waals surface area contributed by atoms with Crippen molar-refractivity contribution in [3.05, 3.63) is 89.5 Å². The first-order chi connectivity index (χ1) is 26.5. The summed E-state index contributed by atoms with van der Waals surface area (Å²) < 4.78 is 50.4. The van der Waals surface area contributed by atoms with Gasteiger partial charge in [-0.3, -0.25) is 19.2 Å². The molecule has 4 aromatic heterocycles. The topological polar surface area (TPSA) is 172 Å². The van der Waals surface area contributed by atoms with Crippen LogP contribution in [0.2, 0.25) is 0 Å². The third-order valence-electron chi connectivity index (χ3n) is 10.9. The predicted octanol–water partition coefficient (Wildman–Crippen LogP) is 6.68. The molecule has 2 aliphatic rings. The van der Waals surface area contributed by atoms with Gasteiger partial charge in [-0.05, 0) is 50.7 Å². The van der Waals surface area contributed by atoms with Crippen molar-refractivity contribution >= 4 is 53.9 Å². The van der Waals surface area contributed by atoms with E-state index in [0.717, 1.165) is 86.0 Å². The monoisotopic (exact) mass is 844 g/mol. The van der Waals surface area contributed by atoms with Crippen LogP contribution in [-0.4, -0.2) is 60.0 Å². The van der Waals surface area contributed by atoms with Crippen LogP contribution < -0.4 is 11.1 Å². The van der Waals surface area contributed by atoms with Gasteiger partial charge in [0.25, 0.3) is 11.1 Å². The standard InChI is InChI=1S/2C20H26N2O4S2/c2*1-14-10-16(28(2,25)26)12-20(24)22(14)17(11-15-6-4-3-5-7-15)18(23)13-19-21-8-9-27-19/h2*8-10,12,15,17H,3-7,11,13H2,1-2H3/t2*17-/m10/s1. The van der Waals surface area contributed by atoms with E-state index in [4.69, 9.17) is 0 Å². The van der Waals surface area contributed by atoms with E-state index in [1.165, 1.54) is 56.8 Å². The summed E-state index contributed by atoms with van der Waals surface area (Å²) in [6.45, 7) is 3.39. The van der Waals surface area contributed by atoms with E-state index in [0.29, 0.717) is 36.1 Å². The molecule has 2 fully saturated rings. The highest BCUT2D eigenvalue weighted by Gasteiger charge is 2.30. The third-order valence-corrected chi connectivity index (χ3v) is 14.6. The number of Topliss-reactive ketones (excluding diaryl/α,β-unsaturated/α-hetero) is 2. The van der Waals surface area contributed by atoms with Gasteiger partial charge in [-0.25, -0.2) is 26.8 Å². The molecule has 0 aromatic carbocycles. The Morgan fingerprint density at radius 2 is 1.00 bits per heavy atom. The van der Waals surface area contributed by atoms with Crippen LogP contribution in [0.15, 0.2) is 66.8 Å². The van der Waals surface area contributed by atoms with Gasteiger partial charge in [0.05, 0.1) is 44.7 Å². The molecule has 12 nitrogen and oxygen atoms in total. The molecule has 2 saturated carbocycles. The number of thiazole rings is 2. The van der Waals surface area contributed by atoms with E-state index in [1.807, 2.05) is 10.8 Å². The molecule has 56 heavy (non-hydrogen) atoms. The number of aryl methyl sites for hydroxylation is 2. The van der Waals surface area contributed by atoms with Crippen molar-refractivity contribution in [3.8, 4) is 0 Å². The first-order valence-electron chi connectivity index (χ1n) is 19.2. The number of ketones is 2. The van der Waals surface area contributed by atoms with Crippen LogP contribution in [0.1, 0.15) is 111 Å². The zero-order chi connectivity index (χ0) is 40.6. The number of pyridine rings is 2. The number of hydrogen-bond donors (Lipinski definition) is 0. The first kappa shape index (κ1) is 43.5. The van der Waals surface area contributed by atoms with Crippen LogP contribution in [-0.2, 0) is 42.1 Å². The molecule has 0 amide bonds. The van der Waals surface area contributed by atoms with Gasteiger partial charge in [0.2, 0.25) is 0 Å². The Bertz CT molecular complexity index is 2140. The van der Waals surface area contributed by atoms with Crippen LogP contribution in [0, 0.1) is 25.7 Å². The zero-order valence-corrected chi connectivity index (χ0v) is 35.8. The van der Waals surface area contributed by atoms with Crippen molar-refractivity contribution in [1.29, 1.82) is 0 Å². The van der Waals surface area contributed by atoms with E-state index >= 15 is 0 Å². The maximum absolute atomic E-state index is 13.2. The Labute approximate surface area is 337 Å². The van der Waals surface area contributed by atoms with Gasteiger partial charge in [-0.1, -0.05) is 64.2 Å². The molecule has 16 heteroatoms. The summed E-state index contributed by atoms with van der Waals surface area (Å²) in [4.78, 5) is 60.4. The predicted molar refractivity (Wildman–Crippen MR) is 219 cm³/mol. The summed E-state index contributed by atoms with van der Waals surface area (Å²) in [6.07, 6.45) is 18.4. The van der Waals surface area contributed by atoms with Gasteiger partial charge in [-0.15, -0.1) is 22.7 Å². The Kier molecular flexibility index (Phi) is 14.9. The summed E-state index contributed by atoms with van der Waals surface area (Å²) >= 11 is 2.85. The fraction of sp³-hybridized carbons (Fsp3) is 0.550. The van der Waals surface area contributed by atoms with Gasteiger partial charge >= 0.3 is 0 Å². The molecule has 0 N–H and O–H groups in total. The average Bonchev–Trinajstić information content (AvgIpc) is 3.85. The molecular weight excluding hydrogens is 793 g/mol. The SMILES string of the molecule is Cc1cc(S(C)(=O)=O)cc(=O)n1[C@@H](CC1CCCCC1)C(=O)Cc1nccs1.Cc1cc(S(C)(=O)=O)cc(=O)n1[C@H](CC1CCCCC1)C(=O)Cc1nccs1. The summed E-state index contributed by atoms with van der Waals surface area (Å²) in [7, 11) is -6.97. The maximum atomic E-state index is 13.2. The first-order valence-corrected chi connectivity index (χ1v) is 24.7. The number of aromatic nitrogens is 4. The Balaban J connectivity index is 0.000000214. The van der Waals surface area contributed by atoms with Gasteiger partial charge in [0, 0.05) is 59.2 Å². The fourth-order valence-electron chi connectivity index (χ4n) is 8.04. The number of hydrogen-bond acceptors (Lipinski definition) is 12. The summed E-state index contributed by atoms with van der Waals surface area (Å²) in [5, 5.41) is 5.13. The zero-order valence-electron chi connectivity index (χ0n) is 32.5. The molecule has 2 aliphatic carbocycles. The Morgan fingerprint density at radius 3 is 1.29 bits per heavy atom. The van der Waals surface area contributed by atoms with Crippen molar-refractivity contribution in [2.45, 2.75) is 126 Å². The molecule has 0 radical (unpaired) electrons. The van der Waals surface area contributed by atoms with E-state index in [-0.39, 0.29) is 34.2 Å². The Hall–Kier alpha value is -3.60. The molecule has 0 unspecified atom stereocenters. The normalized spacial score (nSPS) is 16.8. The van der Waals surface area contributed by atoms with Crippen LogP contribution in [0.5, 0.6) is 0 Å². The number of nitrogens with zero attached hydrogens (tertiary/aromatic N) is 4. The van der Waals surface area contributed by atoms with Crippen LogP contribution in [0.25, 0.3) is 0 Å². The number of carbonyl (C=O) groups excluding carboxylic acids is 2. The fourth-order valence-corrected chi connectivity index (χ4v) is 10.7. The molecular formula is C40H52N4O8S4. The van der Waals surface area contributed by atoms with Crippen molar-refractivity contribution in [1.82, 2.24) is 19.1 Å². The van der Waals surface area contributed by atoms with Gasteiger partial charge in [-0.2, -0.15) is 0 Å². The van der Waals surface area contributed by atoms with Crippen molar-refractivity contribution in [2.24, 2.45) is 11.8 Å². The minimum absolute atomic E-state index is 0.00459. The highest BCUT2D eigenvalue weighted by atomic mass is 32.2. The van der Waals surface area contributed by atoms with Crippen LogP contribution in [0.4, 0.5) is 0 Å². The van der Waals surface area contributed by atoms with Crippen molar-refractivity contribution in [2.75, 3.05) is 12.5 Å². The molecule has 4 aromatic rings. The van der Waals surface area contributed by atoms with Gasteiger partial charge < -0.3 is 9.13 Å². The number of rotatable bonds is 14. The molecule has 0 spiro atoms. The highest BCUT2D eigenvalue weighted by Crippen LogP contribution is 2.33. The van der Waals surface area contributed by atoms with Gasteiger partial charge in [0.15, 0.2) is 31.2 Å². The lowest BCUT2D eigenvalue weighted by Gasteiger charge is -2.28. The lowest BCUT2D eigenvalue weighted by molar-refractivity contribution is -0.123. The van der Waals surface area contributed by atoms with Crippen molar-refractivity contribution in [3.63, 3.8) is 0 Å². The molecule has 0 aliphatic heterocycles. The second-order valence-electron chi connectivity index (χ2n) is 15.3. The lowest BCUT2D eigenvalue weighted by atomic mass is 9.83. The van der Waals surface area contributed by atoms with Crippen molar-refractivity contribution < 1.29 is 26.4 Å². The minimum Gasteiger partial charge on any atom is -0.302 e. The quantitative estimate of drug-likeness (QED) is 0.133. The molecule has 0 saturated heterocycles. The van der Waals surface area contributed by atoms with E-state index in [1.54, 1.807) is 26.2 Å². The molecule has 6 rings (SSSR count). The van der Waals surface area contributed by atoms with E-state index in [2.05, 4.69) is 9.97 Å². The third kappa shape index (κ3) is 11.7. The number of sulfone groups is 2. The van der Waals surface area contributed by atoms with E-state index in [9.17, 15) is 36.0 Å². The lowest BCUT2D eigenvalue weighted by Crippen LogP contribution is -2.34. The van der Waals surface area contributed by atoms with E-state index < -0.39 is 42.9 Å².